The van der Waals surface area contributed by atoms with E-state index in [2.05, 4.69) is 15.6 Å². The zero-order valence-electron chi connectivity index (χ0n) is 14.8. The number of methoxy groups -OCH3 is 1. The summed E-state index contributed by atoms with van der Waals surface area (Å²) >= 11 is 1.38. The number of aryl methyl sites for hydroxylation is 1. The number of rotatable bonds is 5. The third kappa shape index (κ3) is 4.18. The molecule has 2 amide bonds. The Balaban J connectivity index is 1.75. The first kappa shape index (κ1) is 17.9. The predicted molar refractivity (Wildman–Crippen MR) is 104 cm³/mol. The van der Waals surface area contributed by atoms with Crippen molar-refractivity contribution in [3.05, 3.63) is 47.5 Å². The third-order valence-electron chi connectivity index (χ3n) is 3.73. The van der Waals surface area contributed by atoms with E-state index in [0.29, 0.717) is 16.6 Å². The number of anilines is 2. The highest BCUT2D eigenvalue weighted by Crippen LogP contribution is 2.28. The van der Waals surface area contributed by atoms with Gasteiger partial charge in [0.2, 0.25) is 11.8 Å². The SMILES string of the molecule is COc1ccc(C)cc1NC(=O)Cc1ccc2nc(NC(C)=O)sc2c1. The number of carbonyl (C=O) groups is 2. The molecule has 1 heterocycles. The first-order valence-corrected chi connectivity index (χ1v) is 8.88. The Kier molecular flexibility index (Phi) is 5.18. The number of benzene rings is 2. The number of nitrogens with one attached hydrogen (secondary N) is 2. The van der Waals surface area contributed by atoms with E-state index in [1.165, 1.54) is 18.3 Å². The summed E-state index contributed by atoms with van der Waals surface area (Å²) in [5.74, 6) is 0.345. The lowest BCUT2D eigenvalue weighted by Crippen LogP contribution is -2.15. The Hall–Kier alpha value is -2.93. The van der Waals surface area contributed by atoms with Gasteiger partial charge < -0.3 is 15.4 Å². The van der Waals surface area contributed by atoms with Crippen molar-refractivity contribution in [3.63, 3.8) is 0 Å². The molecule has 0 spiro atoms. The molecule has 6 nitrogen and oxygen atoms in total. The number of aromatic nitrogens is 1. The van der Waals surface area contributed by atoms with E-state index in [0.717, 1.165) is 21.3 Å². The van der Waals surface area contributed by atoms with Crippen LogP contribution in [-0.2, 0) is 16.0 Å². The van der Waals surface area contributed by atoms with Crippen molar-refractivity contribution in [1.82, 2.24) is 4.98 Å². The average Bonchev–Trinajstić information content (AvgIpc) is 2.95. The fraction of sp³-hybridized carbons (Fsp3) is 0.211. The molecule has 26 heavy (non-hydrogen) atoms. The van der Waals surface area contributed by atoms with Gasteiger partial charge in [0, 0.05) is 6.92 Å². The molecule has 0 fully saturated rings. The average molecular weight is 369 g/mol. The highest BCUT2D eigenvalue weighted by Gasteiger charge is 2.11. The summed E-state index contributed by atoms with van der Waals surface area (Å²) < 4.78 is 6.21. The number of hydrogen-bond acceptors (Lipinski definition) is 5. The number of thiazole rings is 1. The van der Waals surface area contributed by atoms with Gasteiger partial charge in [-0.1, -0.05) is 23.5 Å². The molecule has 2 aromatic carbocycles. The van der Waals surface area contributed by atoms with Crippen LogP contribution in [0.15, 0.2) is 36.4 Å². The van der Waals surface area contributed by atoms with E-state index in [1.807, 2.05) is 43.3 Å². The fourth-order valence-corrected chi connectivity index (χ4v) is 3.56. The normalized spacial score (nSPS) is 10.6. The Bertz CT molecular complexity index is 981. The van der Waals surface area contributed by atoms with Gasteiger partial charge >= 0.3 is 0 Å². The van der Waals surface area contributed by atoms with Crippen LogP contribution in [0.2, 0.25) is 0 Å². The monoisotopic (exact) mass is 369 g/mol. The Morgan fingerprint density at radius 3 is 2.69 bits per heavy atom. The number of nitrogens with zero attached hydrogens (tertiary/aromatic N) is 1. The van der Waals surface area contributed by atoms with Crippen LogP contribution in [0.3, 0.4) is 0 Å². The van der Waals surface area contributed by atoms with Crippen molar-refractivity contribution < 1.29 is 14.3 Å². The van der Waals surface area contributed by atoms with Crippen molar-refractivity contribution in [3.8, 4) is 5.75 Å². The van der Waals surface area contributed by atoms with Crippen molar-refractivity contribution in [1.29, 1.82) is 0 Å². The molecular formula is C19H19N3O3S. The largest absolute Gasteiger partial charge is 0.495 e. The molecular weight excluding hydrogens is 350 g/mol. The van der Waals surface area contributed by atoms with Crippen LogP contribution in [-0.4, -0.2) is 23.9 Å². The standard InChI is InChI=1S/C19H19N3O3S/c1-11-4-7-16(25-3)15(8-11)21-18(24)10-13-5-6-14-17(9-13)26-19(22-14)20-12(2)23/h4-9H,10H2,1-3H3,(H,21,24)(H,20,22,23). The summed E-state index contributed by atoms with van der Waals surface area (Å²) in [5.41, 5.74) is 3.37. The lowest BCUT2D eigenvalue weighted by atomic mass is 10.1. The van der Waals surface area contributed by atoms with E-state index in [1.54, 1.807) is 7.11 Å². The first-order chi connectivity index (χ1) is 12.4. The molecule has 3 rings (SSSR count). The molecule has 0 unspecified atom stereocenters. The summed E-state index contributed by atoms with van der Waals surface area (Å²) in [4.78, 5) is 27.9. The number of fused-ring (bicyclic) bond motifs is 1. The molecule has 7 heteroatoms. The van der Waals surface area contributed by atoms with Gasteiger partial charge in [-0.05, 0) is 42.3 Å². The smallest absolute Gasteiger partial charge is 0.228 e. The van der Waals surface area contributed by atoms with Crippen LogP contribution in [0, 0.1) is 6.92 Å². The van der Waals surface area contributed by atoms with E-state index in [9.17, 15) is 9.59 Å². The summed E-state index contributed by atoms with van der Waals surface area (Å²) in [7, 11) is 1.57. The van der Waals surface area contributed by atoms with Crippen LogP contribution in [0.1, 0.15) is 18.1 Å². The van der Waals surface area contributed by atoms with E-state index < -0.39 is 0 Å². The maximum absolute atomic E-state index is 12.4. The van der Waals surface area contributed by atoms with Crippen LogP contribution in [0.4, 0.5) is 10.8 Å². The molecule has 134 valence electrons. The van der Waals surface area contributed by atoms with Gasteiger partial charge in [-0.2, -0.15) is 0 Å². The van der Waals surface area contributed by atoms with Gasteiger partial charge in [0.15, 0.2) is 5.13 Å². The third-order valence-corrected chi connectivity index (χ3v) is 4.66. The molecule has 1 aromatic heterocycles. The van der Waals surface area contributed by atoms with Crippen LogP contribution in [0.25, 0.3) is 10.2 Å². The topological polar surface area (TPSA) is 80.3 Å². The van der Waals surface area contributed by atoms with Crippen LogP contribution in [0.5, 0.6) is 5.75 Å². The highest BCUT2D eigenvalue weighted by molar-refractivity contribution is 7.22. The lowest BCUT2D eigenvalue weighted by Gasteiger charge is -2.11. The number of hydrogen-bond donors (Lipinski definition) is 2. The van der Waals surface area contributed by atoms with Gasteiger partial charge in [-0.25, -0.2) is 4.98 Å². The maximum Gasteiger partial charge on any atom is 0.228 e. The molecule has 0 aliphatic heterocycles. The van der Waals surface area contributed by atoms with Gasteiger partial charge in [0.25, 0.3) is 0 Å². The molecule has 0 aliphatic carbocycles. The van der Waals surface area contributed by atoms with E-state index in [4.69, 9.17) is 4.74 Å². The molecule has 0 atom stereocenters. The number of carbonyl (C=O) groups excluding carboxylic acids is 2. The van der Waals surface area contributed by atoms with Gasteiger partial charge in [0.1, 0.15) is 5.75 Å². The number of amides is 2. The molecule has 0 bridgehead atoms. The second kappa shape index (κ2) is 7.53. The Labute approximate surface area is 155 Å². The molecule has 0 saturated carbocycles. The first-order valence-electron chi connectivity index (χ1n) is 8.06. The zero-order valence-corrected chi connectivity index (χ0v) is 15.6. The zero-order chi connectivity index (χ0) is 18.7. The Morgan fingerprint density at radius 1 is 1.15 bits per heavy atom. The summed E-state index contributed by atoms with van der Waals surface area (Å²) in [6, 6.07) is 11.3. The van der Waals surface area contributed by atoms with Crippen molar-refractivity contribution in [2.45, 2.75) is 20.3 Å². The van der Waals surface area contributed by atoms with E-state index >= 15 is 0 Å². The van der Waals surface area contributed by atoms with Crippen molar-refractivity contribution >= 4 is 44.2 Å². The lowest BCUT2D eigenvalue weighted by molar-refractivity contribution is -0.116. The summed E-state index contributed by atoms with van der Waals surface area (Å²) in [5, 5.41) is 6.13. The molecule has 3 aromatic rings. The fourth-order valence-electron chi connectivity index (χ4n) is 2.58. The predicted octanol–water partition coefficient (Wildman–Crippen LogP) is 3.75. The van der Waals surface area contributed by atoms with Gasteiger partial charge in [-0.15, -0.1) is 0 Å². The molecule has 0 radical (unpaired) electrons. The second-order valence-electron chi connectivity index (χ2n) is 5.93. The minimum absolute atomic E-state index is 0.125. The summed E-state index contributed by atoms with van der Waals surface area (Å²) in [6.07, 6.45) is 0.237. The molecule has 2 N–H and O–H groups in total. The Morgan fingerprint density at radius 2 is 1.96 bits per heavy atom. The molecule has 0 aliphatic rings. The second-order valence-corrected chi connectivity index (χ2v) is 6.96. The maximum atomic E-state index is 12.4. The van der Waals surface area contributed by atoms with Gasteiger partial charge in [-0.3, -0.25) is 9.59 Å². The quantitative estimate of drug-likeness (QED) is 0.718. The summed E-state index contributed by atoms with van der Waals surface area (Å²) in [6.45, 7) is 3.40. The van der Waals surface area contributed by atoms with E-state index in [-0.39, 0.29) is 18.2 Å². The number of ether oxygens (including phenoxy) is 1. The van der Waals surface area contributed by atoms with Gasteiger partial charge in [0.05, 0.1) is 29.4 Å². The minimum atomic E-state index is -0.157. The van der Waals surface area contributed by atoms with Crippen LogP contribution < -0.4 is 15.4 Å². The van der Waals surface area contributed by atoms with Crippen molar-refractivity contribution in [2.75, 3.05) is 17.7 Å². The highest BCUT2D eigenvalue weighted by atomic mass is 32.1. The molecule has 0 saturated heterocycles. The van der Waals surface area contributed by atoms with Crippen molar-refractivity contribution in [2.24, 2.45) is 0 Å². The minimum Gasteiger partial charge on any atom is -0.495 e. The van der Waals surface area contributed by atoms with Crippen LogP contribution >= 0.6 is 11.3 Å².